The molecule has 1 saturated carbocycles. The van der Waals surface area contributed by atoms with Crippen molar-refractivity contribution in [2.24, 2.45) is 11.8 Å². The number of Topliss-reactive ketones (excluding diaryl/α,β-unsaturated/α-hetero) is 1. The SMILES string of the molecule is CCCC(CCC)CNc1c(C(=O)C2CC2)cnc2ccc(-c3cc(F)c(O)c(Cl)c3)cc12. The highest BCUT2D eigenvalue weighted by molar-refractivity contribution is 6.32. The van der Waals surface area contributed by atoms with E-state index in [0.29, 0.717) is 17.0 Å². The fourth-order valence-corrected chi connectivity index (χ4v) is 4.67. The predicted octanol–water partition coefficient (Wildman–Crippen LogP) is 7.62. The van der Waals surface area contributed by atoms with Crippen LogP contribution in [0, 0.1) is 17.7 Å². The van der Waals surface area contributed by atoms with E-state index in [-0.39, 0.29) is 16.7 Å². The number of nitrogens with zero attached hydrogens (tertiary/aromatic N) is 1. The van der Waals surface area contributed by atoms with E-state index in [2.05, 4.69) is 24.1 Å². The quantitative estimate of drug-likeness (QED) is 0.300. The van der Waals surface area contributed by atoms with Gasteiger partial charge in [0.05, 0.1) is 21.8 Å². The van der Waals surface area contributed by atoms with Gasteiger partial charge in [-0.1, -0.05) is 44.4 Å². The zero-order valence-electron chi connectivity index (χ0n) is 19.1. The van der Waals surface area contributed by atoms with Crippen LogP contribution >= 0.6 is 11.6 Å². The first-order chi connectivity index (χ1) is 15.9. The van der Waals surface area contributed by atoms with E-state index in [9.17, 15) is 14.3 Å². The molecule has 1 aromatic heterocycles. The third-order valence-corrected chi connectivity index (χ3v) is 6.68. The van der Waals surface area contributed by atoms with Gasteiger partial charge in [-0.2, -0.15) is 0 Å². The van der Waals surface area contributed by atoms with Crippen molar-refractivity contribution in [1.29, 1.82) is 0 Å². The van der Waals surface area contributed by atoms with Crippen LogP contribution in [0.2, 0.25) is 5.02 Å². The Hall–Kier alpha value is -2.66. The summed E-state index contributed by atoms with van der Waals surface area (Å²) in [6.45, 7) is 5.18. The van der Waals surface area contributed by atoms with Gasteiger partial charge in [0.15, 0.2) is 17.3 Å². The lowest BCUT2D eigenvalue weighted by molar-refractivity contribution is 0.0968. The van der Waals surface area contributed by atoms with Crippen molar-refractivity contribution in [3.63, 3.8) is 0 Å². The highest BCUT2D eigenvalue weighted by atomic mass is 35.5. The van der Waals surface area contributed by atoms with Crippen LogP contribution in [0.15, 0.2) is 36.5 Å². The molecule has 2 N–H and O–H groups in total. The standard InChI is InChI=1S/C27H30ClFN2O2/c1-3-5-16(6-4-2)14-31-25-20-11-18(19-12-22(28)27(33)23(29)13-19)9-10-24(20)30-15-21(25)26(32)17-7-8-17/h9-13,15-17,33H,3-8,14H2,1-2H3,(H,30,31). The molecular formula is C27H30ClFN2O2. The van der Waals surface area contributed by atoms with Gasteiger partial charge in [0.2, 0.25) is 0 Å². The van der Waals surface area contributed by atoms with Crippen molar-refractivity contribution in [3.8, 4) is 16.9 Å². The lowest BCUT2D eigenvalue weighted by Crippen LogP contribution is -2.17. The number of nitrogens with one attached hydrogen (secondary N) is 1. The fraction of sp³-hybridized carbons (Fsp3) is 0.407. The second-order valence-electron chi connectivity index (χ2n) is 9.03. The number of hydrogen-bond donors (Lipinski definition) is 2. The number of phenols is 1. The van der Waals surface area contributed by atoms with Gasteiger partial charge < -0.3 is 10.4 Å². The lowest BCUT2D eigenvalue weighted by atomic mass is 9.96. The molecule has 0 bridgehead atoms. The van der Waals surface area contributed by atoms with Gasteiger partial charge in [0.1, 0.15) is 0 Å². The molecule has 174 valence electrons. The van der Waals surface area contributed by atoms with Gasteiger partial charge >= 0.3 is 0 Å². The first-order valence-corrected chi connectivity index (χ1v) is 12.2. The minimum atomic E-state index is -0.770. The normalized spacial score (nSPS) is 13.6. The molecule has 4 nitrogen and oxygen atoms in total. The Morgan fingerprint density at radius 2 is 1.91 bits per heavy atom. The summed E-state index contributed by atoms with van der Waals surface area (Å²) < 4.78 is 14.1. The number of pyridine rings is 1. The number of carbonyl (C=O) groups excluding carboxylic acids is 1. The number of aromatic hydroxyl groups is 1. The van der Waals surface area contributed by atoms with Crippen LogP contribution in [0.25, 0.3) is 22.0 Å². The molecule has 4 rings (SSSR count). The number of rotatable bonds is 10. The summed E-state index contributed by atoms with van der Waals surface area (Å²) in [5.74, 6) is -0.576. The summed E-state index contributed by atoms with van der Waals surface area (Å²) >= 11 is 6.01. The van der Waals surface area contributed by atoms with Crippen LogP contribution in [0.5, 0.6) is 5.75 Å². The zero-order chi connectivity index (χ0) is 23.5. The monoisotopic (exact) mass is 468 g/mol. The van der Waals surface area contributed by atoms with Crippen LogP contribution in [0.1, 0.15) is 62.7 Å². The molecule has 0 amide bonds. The summed E-state index contributed by atoms with van der Waals surface area (Å²) in [6.07, 6.45) is 8.05. The fourth-order valence-electron chi connectivity index (χ4n) is 4.46. The van der Waals surface area contributed by atoms with Crippen molar-refractivity contribution < 1.29 is 14.3 Å². The highest BCUT2D eigenvalue weighted by Gasteiger charge is 2.32. The van der Waals surface area contributed by atoms with E-state index in [1.54, 1.807) is 12.3 Å². The zero-order valence-corrected chi connectivity index (χ0v) is 19.9. The van der Waals surface area contributed by atoms with Crippen LogP contribution in [0.3, 0.4) is 0 Å². The predicted molar refractivity (Wildman–Crippen MR) is 133 cm³/mol. The molecule has 0 saturated heterocycles. The molecule has 2 aromatic carbocycles. The lowest BCUT2D eigenvalue weighted by Gasteiger charge is -2.20. The van der Waals surface area contributed by atoms with Crippen LogP contribution in [-0.2, 0) is 0 Å². The van der Waals surface area contributed by atoms with Crippen molar-refractivity contribution in [2.75, 3.05) is 11.9 Å². The second kappa shape index (κ2) is 10.1. The summed E-state index contributed by atoms with van der Waals surface area (Å²) in [4.78, 5) is 17.6. The van der Waals surface area contributed by atoms with Gasteiger partial charge in [-0.3, -0.25) is 9.78 Å². The van der Waals surface area contributed by atoms with Crippen molar-refractivity contribution in [2.45, 2.75) is 52.4 Å². The summed E-state index contributed by atoms with van der Waals surface area (Å²) in [6, 6.07) is 8.45. The molecule has 0 atom stereocenters. The molecule has 0 aliphatic heterocycles. The van der Waals surface area contributed by atoms with Gasteiger partial charge in [-0.15, -0.1) is 0 Å². The van der Waals surface area contributed by atoms with E-state index in [1.165, 1.54) is 6.07 Å². The second-order valence-corrected chi connectivity index (χ2v) is 9.44. The Morgan fingerprint density at radius 1 is 1.18 bits per heavy atom. The molecule has 0 radical (unpaired) electrons. The molecule has 1 aliphatic rings. The Balaban J connectivity index is 1.79. The van der Waals surface area contributed by atoms with Gasteiger partial charge in [-0.05, 0) is 67.0 Å². The molecule has 6 heteroatoms. The van der Waals surface area contributed by atoms with Gasteiger partial charge in [0, 0.05) is 24.0 Å². The third-order valence-electron chi connectivity index (χ3n) is 6.39. The molecule has 1 aliphatic carbocycles. The van der Waals surface area contributed by atoms with E-state index < -0.39 is 11.6 Å². The maximum Gasteiger partial charge on any atom is 0.170 e. The summed E-state index contributed by atoms with van der Waals surface area (Å²) in [7, 11) is 0. The number of aromatic nitrogens is 1. The molecule has 0 unspecified atom stereocenters. The molecular weight excluding hydrogens is 439 g/mol. The average molecular weight is 469 g/mol. The molecule has 3 aromatic rings. The Bertz CT molecular complexity index is 1150. The number of carbonyl (C=O) groups is 1. The third kappa shape index (κ3) is 5.14. The molecule has 1 fully saturated rings. The first kappa shape index (κ1) is 23.5. The maximum absolute atomic E-state index is 14.1. The van der Waals surface area contributed by atoms with Crippen LogP contribution in [0.4, 0.5) is 10.1 Å². The van der Waals surface area contributed by atoms with Crippen LogP contribution in [-0.4, -0.2) is 22.4 Å². The summed E-state index contributed by atoms with van der Waals surface area (Å²) in [5.41, 5.74) is 3.49. The highest BCUT2D eigenvalue weighted by Crippen LogP contribution is 2.39. The Labute approximate surface area is 199 Å². The first-order valence-electron chi connectivity index (χ1n) is 11.8. The Morgan fingerprint density at radius 3 is 2.55 bits per heavy atom. The summed E-state index contributed by atoms with van der Waals surface area (Å²) in [5, 5.41) is 14.1. The number of hydrogen-bond acceptors (Lipinski definition) is 4. The minimum absolute atomic E-state index is 0.0406. The molecule has 33 heavy (non-hydrogen) atoms. The number of phenolic OH excluding ortho intramolecular Hbond substituents is 1. The average Bonchev–Trinajstić information content (AvgIpc) is 3.65. The van der Waals surface area contributed by atoms with Crippen molar-refractivity contribution >= 4 is 34.0 Å². The van der Waals surface area contributed by atoms with Gasteiger partial charge in [-0.25, -0.2) is 4.39 Å². The van der Waals surface area contributed by atoms with Crippen molar-refractivity contribution in [1.82, 2.24) is 4.98 Å². The Kier molecular flexibility index (Phi) is 7.18. The van der Waals surface area contributed by atoms with Crippen molar-refractivity contribution in [3.05, 3.63) is 52.9 Å². The topological polar surface area (TPSA) is 62.2 Å². The molecule has 1 heterocycles. The van der Waals surface area contributed by atoms with E-state index in [1.807, 2.05) is 18.2 Å². The van der Waals surface area contributed by atoms with E-state index in [0.717, 1.165) is 67.2 Å². The van der Waals surface area contributed by atoms with Crippen LogP contribution < -0.4 is 5.32 Å². The van der Waals surface area contributed by atoms with E-state index in [4.69, 9.17) is 11.6 Å². The van der Waals surface area contributed by atoms with Gasteiger partial charge in [0.25, 0.3) is 0 Å². The maximum atomic E-state index is 14.1. The number of anilines is 1. The van der Waals surface area contributed by atoms with E-state index >= 15 is 0 Å². The molecule has 0 spiro atoms. The smallest absolute Gasteiger partial charge is 0.170 e. The largest absolute Gasteiger partial charge is 0.504 e. The number of ketones is 1. The minimum Gasteiger partial charge on any atom is -0.504 e. The number of halogens is 2. The number of benzene rings is 2. The number of fused-ring (bicyclic) bond motifs is 1.